The summed E-state index contributed by atoms with van der Waals surface area (Å²) in [5, 5.41) is 0. The highest BCUT2D eigenvalue weighted by Gasteiger charge is 2.35. The van der Waals surface area contributed by atoms with Crippen molar-refractivity contribution in [3.05, 3.63) is 23.0 Å². The van der Waals surface area contributed by atoms with E-state index in [9.17, 15) is 13.2 Å². The maximum Gasteiger partial charge on any atom is 0.267 e. The van der Waals surface area contributed by atoms with Gasteiger partial charge < -0.3 is 9.47 Å². The van der Waals surface area contributed by atoms with Crippen LogP contribution in [0.5, 0.6) is 11.5 Å². The average Bonchev–Trinajstić information content (AvgIpc) is 2.80. The molecule has 0 radical (unpaired) electrons. The Morgan fingerprint density at radius 1 is 0.906 bits per heavy atom. The molecular weight excluding hydrogens is 413 g/mol. The third-order valence-corrected chi connectivity index (χ3v) is 7.96. The molecule has 0 atom stereocenters. The summed E-state index contributed by atoms with van der Waals surface area (Å²) in [7, 11) is 1.46. The number of hydrogen-bond donors (Lipinski definition) is 0. The van der Waals surface area contributed by atoms with Crippen molar-refractivity contribution < 1.29 is 22.6 Å². The highest BCUT2D eigenvalue weighted by atomic mass is 19.3. The minimum Gasteiger partial charge on any atom is -0.496 e. The van der Waals surface area contributed by atoms with Crippen molar-refractivity contribution in [3.63, 3.8) is 0 Å². The van der Waals surface area contributed by atoms with E-state index in [-0.39, 0.29) is 18.3 Å². The lowest BCUT2D eigenvalue weighted by Crippen LogP contribution is -2.26. The van der Waals surface area contributed by atoms with Crippen molar-refractivity contribution in [3.8, 4) is 11.5 Å². The van der Waals surface area contributed by atoms with Crippen molar-refractivity contribution in [2.45, 2.75) is 103 Å². The summed E-state index contributed by atoms with van der Waals surface area (Å²) in [6, 6.07) is 1.45. The molecule has 3 rings (SSSR count). The Morgan fingerprint density at radius 3 is 2.06 bits per heavy atom. The number of benzene rings is 1. The molecule has 2 saturated carbocycles. The fourth-order valence-corrected chi connectivity index (χ4v) is 6.22. The highest BCUT2D eigenvalue weighted by molar-refractivity contribution is 5.50. The molecule has 0 bridgehead atoms. The van der Waals surface area contributed by atoms with Gasteiger partial charge in [-0.1, -0.05) is 45.4 Å². The molecule has 2 nitrogen and oxygen atoms in total. The van der Waals surface area contributed by atoms with E-state index >= 15 is 0 Å². The van der Waals surface area contributed by atoms with Crippen LogP contribution >= 0.6 is 0 Å². The minimum atomic E-state index is -2.89. The van der Waals surface area contributed by atoms with Crippen LogP contribution in [0.2, 0.25) is 0 Å². The Labute approximate surface area is 192 Å². The van der Waals surface area contributed by atoms with Crippen LogP contribution in [0.4, 0.5) is 13.2 Å². The fraction of sp³-hybridized carbons (Fsp3) is 0.778. The summed E-state index contributed by atoms with van der Waals surface area (Å²) in [5.41, 5.74) is -0.162. The minimum absolute atomic E-state index is 0.0826. The van der Waals surface area contributed by atoms with Crippen LogP contribution in [-0.4, -0.2) is 13.7 Å². The number of halogens is 3. The molecule has 0 spiro atoms. The van der Waals surface area contributed by atoms with Crippen molar-refractivity contribution >= 4 is 0 Å². The van der Waals surface area contributed by atoms with Crippen molar-refractivity contribution in [1.29, 1.82) is 0 Å². The normalized spacial score (nSPS) is 26.3. The summed E-state index contributed by atoms with van der Waals surface area (Å²) in [5.74, 6) is 1.53. The van der Waals surface area contributed by atoms with Gasteiger partial charge in [0, 0.05) is 11.6 Å². The zero-order valence-electron chi connectivity index (χ0n) is 20.1. The molecule has 0 aromatic heterocycles. The number of unbranched alkanes of at least 4 members (excludes halogenated alkanes) is 2. The summed E-state index contributed by atoms with van der Waals surface area (Å²) in [4.78, 5) is 0. The summed E-state index contributed by atoms with van der Waals surface area (Å²) >= 11 is 0. The van der Waals surface area contributed by atoms with Gasteiger partial charge in [0.1, 0.15) is 5.75 Å². The lowest BCUT2D eigenvalue weighted by molar-refractivity contribution is 0.137. The molecule has 0 amide bonds. The molecule has 5 heteroatoms. The monoisotopic (exact) mass is 454 g/mol. The molecule has 0 heterocycles. The molecule has 2 aliphatic rings. The van der Waals surface area contributed by atoms with E-state index in [2.05, 4.69) is 6.92 Å². The van der Waals surface area contributed by atoms with Crippen molar-refractivity contribution in [2.24, 2.45) is 17.8 Å². The smallest absolute Gasteiger partial charge is 0.267 e. The SMILES string of the molecule is CCCCCC1CCC(C2CCC(c3c(OC)cc(OCC)c(F)c3C(F)F)CC2)CC1. The maximum absolute atomic E-state index is 14.9. The molecule has 2 fully saturated rings. The van der Waals surface area contributed by atoms with Crippen LogP contribution in [-0.2, 0) is 0 Å². The lowest BCUT2D eigenvalue weighted by Gasteiger charge is -2.38. The first kappa shape index (κ1) is 25.2. The number of rotatable bonds is 10. The second-order valence-corrected chi connectivity index (χ2v) is 9.84. The molecular formula is C27H41F3O2. The van der Waals surface area contributed by atoms with Gasteiger partial charge in [0.15, 0.2) is 11.6 Å². The average molecular weight is 455 g/mol. The first-order chi connectivity index (χ1) is 15.5. The summed E-state index contributed by atoms with van der Waals surface area (Å²) in [6.45, 7) is 4.19. The van der Waals surface area contributed by atoms with Gasteiger partial charge in [0.05, 0.1) is 19.3 Å². The predicted molar refractivity (Wildman–Crippen MR) is 123 cm³/mol. The van der Waals surface area contributed by atoms with Gasteiger partial charge in [-0.15, -0.1) is 0 Å². The summed E-state index contributed by atoms with van der Waals surface area (Å²) < 4.78 is 53.5. The van der Waals surface area contributed by atoms with Gasteiger partial charge in [-0.05, 0) is 69.1 Å². The lowest BCUT2D eigenvalue weighted by atomic mass is 9.67. The molecule has 0 N–H and O–H groups in total. The highest BCUT2D eigenvalue weighted by Crippen LogP contribution is 2.49. The standard InChI is InChI=1S/C27H41F3O2/c1-4-6-7-8-18-9-11-19(12-10-18)20-13-15-21(16-14-20)24-22(31-3)17-23(32-5-2)26(28)25(24)27(29)30/h17-21,27H,4-16H2,1-3H3. The molecule has 0 aliphatic heterocycles. The van der Waals surface area contributed by atoms with E-state index in [0.717, 1.165) is 37.5 Å². The van der Waals surface area contributed by atoms with Gasteiger partial charge in [-0.25, -0.2) is 13.2 Å². The molecule has 2 aliphatic carbocycles. The van der Waals surface area contributed by atoms with Crippen LogP contribution < -0.4 is 9.47 Å². The fourth-order valence-electron chi connectivity index (χ4n) is 6.22. The van der Waals surface area contributed by atoms with E-state index in [0.29, 0.717) is 17.2 Å². The number of alkyl halides is 2. The number of ether oxygens (including phenoxy) is 2. The van der Waals surface area contributed by atoms with Crippen LogP contribution in [0, 0.1) is 23.6 Å². The van der Waals surface area contributed by atoms with E-state index in [1.165, 1.54) is 64.5 Å². The van der Waals surface area contributed by atoms with Gasteiger partial charge in [0.2, 0.25) is 0 Å². The third kappa shape index (κ3) is 5.94. The van der Waals surface area contributed by atoms with Crippen LogP contribution in [0.15, 0.2) is 6.07 Å². The van der Waals surface area contributed by atoms with Gasteiger partial charge in [0.25, 0.3) is 6.43 Å². The van der Waals surface area contributed by atoms with E-state index in [1.54, 1.807) is 6.92 Å². The van der Waals surface area contributed by atoms with Crippen LogP contribution in [0.3, 0.4) is 0 Å². The third-order valence-electron chi connectivity index (χ3n) is 7.96. The molecule has 1 aromatic carbocycles. The zero-order chi connectivity index (χ0) is 23.1. The Bertz CT molecular complexity index is 705. The predicted octanol–water partition coefficient (Wildman–Crippen LogP) is 8.83. The first-order valence-electron chi connectivity index (χ1n) is 12.8. The molecule has 1 aromatic rings. The van der Waals surface area contributed by atoms with Crippen LogP contribution in [0.1, 0.15) is 114 Å². The molecule has 182 valence electrons. The number of methoxy groups -OCH3 is 1. The van der Waals surface area contributed by atoms with E-state index < -0.39 is 17.8 Å². The quantitative estimate of drug-likeness (QED) is 0.329. The second kappa shape index (κ2) is 12.2. The maximum atomic E-state index is 14.9. The van der Waals surface area contributed by atoms with Crippen molar-refractivity contribution in [1.82, 2.24) is 0 Å². The second-order valence-electron chi connectivity index (χ2n) is 9.84. The van der Waals surface area contributed by atoms with Gasteiger partial charge in [-0.3, -0.25) is 0 Å². The topological polar surface area (TPSA) is 18.5 Å². The zero-order valence-corrected chi connectivity index (χ0v) is 20.1. The van der Waals surface area contributed by atoms with E-state index in [1.807, 2.05) is 0 Å². The molecule has 0 saturated heterocycles. The van der Waals surface area contributed by atoms with E-state index in [4.69, 9.17) is 9.47 Å². The van der Waals surface area contributed by atoms with Gasteiger partial charge >= 0.3 is 0 Å². The Kier molecular flexibility index (Phi) is 9.61. The van der Waals surface area contributed by atoms with Gasteiger partial charge in [-0.2, -0.15) is 0 Å². The van der Waals surface area contributed by atoms with Crippen LogP contribution in [0.25, 0.3) is 0 Å². The largest absolute Gasteiger partial charge is 0.496 e. The van der Waals surface area contributed by atoms with Crippen molar-refractivity contribution in [2.75, 3.05) is 13.7 Å². The Balaban J connectivity index is 1.64. The summed E-state index contributed by atoms with van der Waals surface area (Å²) in [6.07, 6.45) is 11.5. The molecule has 32 heavy (non-hydrogen) atoms. The Hall–Kier alpha value is -1.39. The molecule has 0 unspecified atom stereocenters. The first-order valence-corrected chi connectivity index (χ1v) is 12.8. The Morgan fingerprint density at radius 2 is 1.53 bits per heavy atom. The number of hydrogen-bond acceptors (Lipinski definition) is 2.